The van der Waals surface area contributed by atoms with Crippen LogP contribution in [0.15, 0.2) is 30.9 Å². The summed E-state index contributed by atoms with van der Waals surface area (Å²) < 4.78 is 0. The molecular weight excluding hydrogens is 210 g/mol. The minimum absolute atomic E-state index is 0.00494. The van der Waals surface area contributed by atoms with E-state index in [4.69, 9.17) is 5.11 Å². The summed E-state index contributed by atoms with van der Waals surface area (Å²) in [6.07, 6.45) is 1.11. The van der Waals surface area contributed by atoms with Crippen LogP contribution in [0.5, 0.6) is 5.75 Å². The molecule has 0 radical (unpaired) electrons. The van der Waals surface area contributed by atoms with Crippen LogP contribution in [-0.2, 0) is 0 Å². The fourth-order valence-electron chi connectivity index (χ4n) is 1.16. The van der Waals surface area contributed by atoms with E-state index in [1.807, 2.05) is 0 Å². The van der Waals surface area contributed by atoms with Gasteiger partial charge in [-0.3, -0.25) is 9.59 Å². The summed E-state index contributed by atoms with van der Waals surface area (Å²) in [6, 6.07) is 3.88. The molecule has 5 heteroatoms. The topological polar surface area (TPSA) is 86.6 Å². The number of benzene rings is 1. The fourth-order valence-corrected chi connectivity index (χ4v) is 1.16. The normalized spacial score (nSPS) is 9.56. The highest BCUT2D eigenvalue weighted by atomic mass is 16.3. The number of nitrogens with one attached hydrogen (secondary N) is 1. The minimum atomic E-state index is -0.613. The van der Waals surface area contributed by atoms with Crippen molar-refractivity contribution in [1.29, 1.82) is 0 Å². The number of phenolic OH excluding ortho intramolecular Hbond substituents is 1. The zero-order chi connectivity index (χ0) is 12.1. The average Bonchev–Trinajstić information content (AvgIpc) is 2.28. The lowest BCUT2D eigenvalue weighted by molar-refractivity contribution is 0.0906. The molecule has 3 N–H and O–H groups in total. The van der Waals surface area contributed by atoms with Crippen molar-refractivity contribution in [3.05, 3.63) is 42.0 Å². The molecule has 1 aromatic rings. The molecule has 0 aliphatic rings. The van der Waals surface area contributed by atoms with Crippen molar-refractivity contribution in [2.75, 3.05) is 6.73 Å². The third-order valence-corrected chi connectivity index (χ3v) is 1.95. The van der Waals surface area contributed by atoms with Gasteiger partial charge in [-0.05, 0) is 24.3 Å². The molecule has 0 saturated carbocycles. The lowest BCUT2D eigenvalue weighted by Crippen LogP contribution is -2.24. The maximum Gasteiger partial charge on any atom is 0.256 e. The molecule has 1 rings (SSSR count). The van der Waals surface area contributed by atoms with Crippen LogP contribution in [0.2, 0.25) is 0 Å². The Morgan fingerprint density at radius 3 is 2.62 bits per heavy atom. The number of rotatable bonds is 4. The third-order valence-electron chi connectivity index (χ3n) is 1.95. The maximum atomic E-state index is 11.3. The van der Waals surface area contributed by atoms with Crippen LogP contribution in [-0.4, -0.2) is 28.6 Å². The number of allylic oxidation sites excluding steroid dienone is 1. The Morgan fingerprint density at radius 2 is 2.12 bits per heavy atom. The molecule has 0 saturated heterocycles. The first-order chi connectivity index (χ1) is 7.60. The molecular formula is C11H11NO4. The predicted octanol–water partition coefficient (Wildman–Crippen LogP) is 0.440. The summed E-state index contributed by atoms with van der Waals surface area (Å²) in [6.45, 7) is 2.79. The van der Waals surface area contributed by atoms with Crippen molar-refractivity contribution >= 4 is 11.7 Å². The lowest BCUT2D eigenvalue weighted by Gasteiger charge is -2.05. The Bertz CT molecular complexity index is 440. The minimum Gasteiger partial charge on any atom is -0.507 e. The predicted molar refractivity (Wildman–Crippen MR) is 57.2 cm³/mol. The van der Waals surface area contributed by atoms with Crippen LogP contribution in [0.4, 0.5) is 0 Å². The molecule has 0 heterocycles. The highest BCUT2D eigenvalue weighted by Gasteiger charge is 2.12. The van der Waals surface area contributed by atoms with Crippen molar-refractivity contribution in [3.63, 3.8) is 0 Å². The van der Waals surface area contributed by atoms with Crippen molar-refractivity contribution in [2.24, 2.45) is 0 Å². The van der Waals surface area contributed by atoms with Crippen molar-refractivity contribution in [3.8, 4) is 5.75 Å². The number of carbonyl (C=O) groups is 2. The summed E-state index contributed by atoms with van der Waals surface area (Å²) in [5.74, 6) is -1.28. The molecule has 0 spiro atoms. The summed E-state index contributed by atoms with van der Waals surface area (Å²) >= 11 is 0. The Balaban J connectivity index is 3.04. The van der Waals surface area contributed by atoms with Crippen LogP contribution in [0.3, 0.4) is 0 Å². The molecule has 1 amide bonds. The number of hydrogen-bond donors (Lipinski definition) is 3. The van der Waals surface area contributed by atoms with Gasteiger partial charge in [-0.15, -0.1) is 0 Å². The highest BCUT2D eigenvalue weighted by Crippen LogP contribution is 2.19. The van der Waals surface area contributed by atoms with E-state index in [9.17, 15) is 14.7 Å². The summed E-state index contributed by atoms with van der Waals surface area (Å²) in [5, 5.41) is 20.1. The second-order valence-corrected chi connectivity index (χ2v) is 2.96. The number of phenols is 1. The summed E-state index contributed by atoms with van der Waals surface area (Å²) in [4.78, 5) is 22.5. The Kier molecular flexibility index (Phi) is 3.79. The van der Waals surface area contributed by atoms with Gasteiger partial charge < -0.3 is 15.5 Å². The molecule has 16 heavy (non-hydrogen) atoms. The van der Waals surface area contributed by atoms with E-state index in [0.29, 0.717) is 0 Å². The van der Waals surface area contributed by atoms with Crippen LogP contribution in [0.25, 0.3) is 0 Å². The van der Waals surface area contributed by atoms with E-state index >= 15 is 0 Å². The number of aromatic hydroxyl groups is 1. The molecule has 0 atom stereocenters. The maximum absolute atomic E-state index is 11.3. The van der Waals surface area contributed by atoms with Gasteiger partial charge in [0.25, 0.3) is 5.91 Å². The largest absolute Gasteiger partial charge is 0.507 e. The Labute approximate surface area is 92.0 Å². The number of ketones is 1. The van der Waals surface area contributed by atoms with E-state index in [-0.39, 0.29) is 22.7 Å². The quantitative estimate of drug-likeness (QED) is 0.391. The molecule has 0 unspecified atom stereocenters. The number of hydrogen-bond acceptors (Lipinski definition) is 4. The second-order valence-electron chi connectivity index (χ2n) is 2.96. The first-order valence-corrected chi connectivity index (χ1v) is 4.49. The van der Waals surface area contributed by atoms with Crippen molar-refractivity contribution in [2.45, 2.75) is 0 Å². The van der Waals surface area contributed by atoms with Crippen LogP contribution < -0.4 is 5.32 Å². The number of amides is 1. The molecule has 0 bridgehead atoms. The standard InChI is InChI=1S/C11H11NO4/c1-2-9(14)7-3-4-8(10(15)5-7)11(16)12-6-13/h2-5,13,15H,1,6H2,(H,12,16). The van der Waals surface area contributed by atoms with E-state index in [2.05, 4.69) is 11.9 Å². The van der Waals surface area contributed by atoms with Gasteiger partial charge in [0.2, 0.25) is 0 Å². The zero-order valence-electron chi connectivity index (χ0n) is 8.43. The highest BCUT2D eigenvalue weighted by molar-refractivity contribution is 6.05. The van der Waals surface area contributed by atoms with Gasteiger partial charge in [0.1, 0.15) is 12.5 Å². The third kappa shape index (κ3) is 2.46. The first kappa shape index (κ1) is 11.9. The second kappa shape index (κ2) is 5.09. The molecule has 1 aromatic carbocycles. The van der Waals surface area contributed by atoms with Crippen molar-refractivity contribution in [1.82, 2.24) is 5.32 Å². The lowest BCUT2D eigenvalue weighted by atomic mass is 10.1. The van der Waals surface area contributed by atoms with E-state index in [1.54, 1.807) is 0 Å². The average molecular weight is 221 g/mol. The van der Waals surface area contributed by atoms with Gasteiger partial charge in [-0.1, -0.05) is 6.58 Å². The van der Waals surface area contributed by atoms with Gasteiger partial charge in [0, 0.05) is 5.56 Å². The van der Waals surface area contributed by atoms with Crippen LogP contribution in [0.1, 0.15) is 20.7 Å². The monoisotopic (exact) mass is 221 g/mol. The van der Waals surface area contributed by atoms with Gasteiger partial charge in [0.15, 0.2) is 5.78 Å². The molecule has 0 aliphatic carbocycles. The smallest absolute Gasteiger partial charge is 0.256 e. The SMILES string of the molecule is C=CC(=O)c1ccc(C(=O)NCO)c(O)c1. The number of aliphatic hydroxyl groups is 1. The Morgan fingerprint density at radius 1 is 1.44 bits per heavy atom. The number of carbonyl (C=O) groups excluding carboxylic acids is 2. The zero-order valence-corrected chi connectivity index (χ0v) is 8.43. The molecule has 0 aromatic heterocycles. The molecule has 5 nitrogen and oxygen atoms in total. The summed E-state index contributed by atoms with van der Waals surface area (Å²) in [5.41, 5.74) is 0.239. The van der Waals surface area contributed by atoms with E-state index < -0.39 is 12.6 Å². The van der Waals surface area contributed by atoms with Crippen LogP contribution >= 0.6 is 0 Å². The summed E-state index contributed by atoms with van der Waals surface area (Å²) in [7, 11) is 0. The molecule has 0 aliphatic heterocycles. The molecule has 0 fully saturated rings. The van der Waals surface area contributed by atoms with Gasteiger partial charge >= 0.3 is 0 Å². The number of aliphatic hydroxyl groups excluding tert-OH is 1. The van der Waals surface area contributed by atoms with Crippen molar-refractivity contribution < 1.29 is 19.8 Å². The van der Waals surface area contributed by atoms with Gasteiger partial charge in [0.05, 0.1) is 5.56 Å². The van der Waals surface area contributed by atoms with E-state index in [0.717, 1.165) is 6.08 Å². The van der Waals surface area contributed by atoms with Gasteiger partial charge in [-0.2, -0.15) is 0 Å². The fraction of sp³-hybridized carbons (Fsp3) is 0.0909. The molecule has 84 valence electrons. The van der Waals surface area contributed by atoms with E-state index in [1.165, 1.54) is 18.2 Å². The first-order valence-electron chi connectivity index (χ1n) is 4.49. The Hall–Kier alpha value is -2.14. The van der Waals surface area contributed by atoms with Gasteiger partial charge in [-0.25, -0.2) is 0 Å². The van der Waals surface area contributed by atoms with Crippen LogP contribution in [0, 0.1) is 0 Å².